The van der Waals surface area contributed by atoms with Crippen LogP contribution in [0.5, 0.6) is 11.5 Å². The Hall–Kier alpha value is -0.970. The lowest BCUT2D eigenvalue weighted by molar-refractivity contribution is 0.227. The van der Waals surface area contributed by atoms with E-state index in [4.69, 9.17) is 21.1 Å². The molecule has 1 aromatic rings. The van der Waals surface area contributed by atoms with E-state index in [0.29, 0.717) is 17.3 Å². The summed E-state index contributed by atoms with van der Waals surface area (Å²) in [4.78, 5) is 0. The fraction of sp³-hybridized carbons (Fsp3) is 0.600. The molecule has 4 nitrogen and oxygen atoms in total. The number of ether oxygens (including phenoxy) is 2. The molecule has 0 atom stereocenters. The molecule has 0 amide bonds. The molecule has 0 aliphatic rings. The quantitative estimate of drug-likeness (QED) is 0.688. The Labute approximate surface area is 126 Å². The van der Waals surface area contributed by atoms with Gasteiger partial charge in [-0.2, -0.15) is 0 Å². The Morgan fingerprint density at radius 1 is 1.25 bits per heavy atom. The molecule has 0 aliphatic carbocycles. The molecule has 0 fully saturated rings. The van der Waals surface area contributed by atoms with E-state index in [-0.39, 0.29) is 6.10 Å². The minimum atomic E-state index is 0.0908. The SMILES string of the molecule is CNCCCNCc1cc(Cl)cc(OC)c1OC(C)C. The van der Waals surface area contributed by atoms with Crippen molar-refractivity contribution in [3.63, 3.8) is 0 Å². The zero-order valence-electron chi connectivity index (χ0n) is 12.8. The van der Waals surface area contributed by atoms with Crippen molar-refractivity contribution >= 4 is 11.6 Å². The molecule has 2 N–H and O–H groups in total. The van der Waals surface area contributed by atoms with Crippen molar-refractivity contribution in [2.75, 3.05) is 27.2 Å². The van der Waals surface area contributed by atoms with E-state index < -0.39 is 0 Å². The average molecular weight is 301 g/mol. The number of benzene rings is 1. The summed E-state index contributed by atoms with van der Waals surface area (Å²) in [6, 6.07) is 3.70. The predicted octanol–water partition coefficient (Wildman–Crippen LogP) is 2.83. The normalized spacial score (nSPS) is 10.9. The number of nitrogens with one attached hydrogen (secondary N) is 2. The van der Waals surface area contributed by atoms with E-state index in [1.165, 1.54) is 0 Å². The van der Waals surface area contributed by atoms with Crippen LogP contribution < -0.4 is 20.1 Å². The number of methoxy groups -OCH3 is 1. The highest BCUT2D eigenvalue weighted by atomic mass is 35.5. The zero-order chi connectivity index (χ0) is 15.0. The maximum Gasteiger partial charge on any atom is 0.166 e. The summed E-state index contributed by atoms with van der Waals surface area (Å²) in [5, 5.41) is 7.18. The van der Waals surface area contributed by atoms with Gasteiger partial charge in [-0.3, -0.25) is 0 Å². The van der Waals surface area contributed by atoms with Gasteiger partial charge in [-0.05, 0) is 46.5 Å². The van der Waals surface area contributed by atoms with Crippen molar-refractivity contribution in [3.05, 3.63) is 22.7 Å². The lowest BCUT2D eigenvalue weighted by Gasteiger charge is -2.18. The molecule has 5 heteroatoms. The zero-order valence-corrected chi connectivity index (χ0v) is 13.5. The van der Waals surface area contributed by atoms with Crippen molar-refractivity contribution in [1.82, 2.24) is 10.6 Å². The van der Waals surface area contributed by atoms with E-state index in [1.54, 1.807) is 13.2 Å². The summed E-state index contributed by atoms with van der Waals surface area (Å²) in [6.45, 7) is 6.65. The van der Waals surface area contributed by atoms with Crippen LogP contribution >= 0.6 is 11.6 Å². The highest BCUT2D eigenvalue weighted by molar-refractivity contribution is 6.30. The molecular weight excluding hydrogens is 276 g/mol. The van der Waals surface area contributed by atoms with Gasteiger partial charge in [-0.25, -0.2) is 0 Å². The maximum absolute atomic E-state index is 6.13. The van der Waals surface area contributed by atoms with Crippen LogP contribution in [0, 0.1) is 0 Å². The third-order valence-electron chi connectivity index (χ3n) is 2.77. The number of hydrogen-bond donors (Lipinski definition) is 2. The third-order valence-corrected chi connectivity index (χ3v) is 2.98. The van der Waals surface area contributed by atoms with E-state index in [2.05, 4.69) is 10.6 Å². The lowest BCUT2D eigenvalue weighted by atomic mass is 10.1. The van der Waals surface area contributed by atoms with E-state index >= 15 is 0 Å². The van der Waals surface area contributed by atoms with Crippen molar-refractivity contribution in [2.24, 2.45) is 0 Å². The summed E-state index contributed by atoms with van der Waals surface area (Å²) < 4.78 is 11.2. The van der Waals surface area contributed by atoms with Gasteiger partial charge < -0.3 is 20.1 Å². The summed E-state index contributed by atoms with van der Waals surface area (Å²) in [5.74, 6) is 1.45. The molecule has 0 bridgehead atoms. The molecule has 0 saturated carbocycles. The molecule has 114 valence electrons. The smallest absolute Gasteiger partial charge is 0.166 e. The molecule has 20 heavy (non-hydrogen) atoms. The number of hydrogen-bond acceptors (Lipinski definition) is 4. The molecule has 0 saturated heterocycles. The van der Waals surface area contributed by atoms with Crippen molar-refractivity contribution in [3.8, 4) is 11.5 Å². The van der Waals surface area contributed by atoms with Gasteiger partial charge in [0.15, 0.2) is 11.5 Å². The Balaban J connectivity index is 2.78. The minimum Gasteiger partial charge on any atom is -0.493 e. The van der Waals surface area contributed by atoms with Gasteiger partial charge in [0, 0.05) is 23.2 Å². The van der Waals surface area contributed by atoms with Gasteiger partial charge in [0.2, 0.25) is 0 Å². The Kier molecular flexibility index (Phi) is 7.73. The van der Waals surface area contributed by atoms with Gasteiger partial charge in [-0.15, -0.1) is 0 Å². The van der Waals surface area contributed by atoms with Crippen LogP contribution in [0.25, 0.3) is 0 Å². The number of rotatable bonds is 9. The first-order chi connectivity index (χ1) is 9.58. The van der Waals surface area contributed by atoms with Crippen molar-refractivity contribution in [1.29, 1.82) is 0 Å². The molecule has 1 aromatic carbocycles. The van der Waals surface area contributed by atoms with Crippen LogP contribution in [-0.2, 0) is 6.54 Å². The van der Waals surface area contributed by atoms with E-state index in [9.17, 15) is 0 Å². The van der Waals surface area contributed by atoms with E-state index in [1.807, 2.05) is 27.0 Å². The molecule has 0 aliphatic heterocycles. The topological polar surface area (TPSA) is 42.5 Å². The number of halogens is 1. The molecule has 1 rings (SSSR count). The second kappa shape index (κ2) is 9.06. The lowest BCUT2D eigenvalue weighted by Crippen LogP contribution is -2.20. The van der Waals surface area contributed by atoms with Crippen LogP contribution in [0.2, 0.25) is 5.02 Å². The van der Waals surface area contributed by atoms with Crippen molar-refractivity contribution < 1.29 is 9.47 Å². The first kappa shape index (κ1) is 17.1. The minimum absolute atomic E-state index is 0.0908. The highest BCUT2D eigenvalue weighted by Gasteiger charge is 2.14. The van der Waals surface area contributed by atoms with Gasteiger partial charge in [-0.1, -0.05) is 11.6 Å². The Bertz CT molecular complexity index is 411. The van der Waals surface area contributed by atoms with Gasteiger partial charge >= 0.3 is 0 Å². The summed E-state index contributed by atoms with van der Waals surface area (Å²) in [5.41, 5.74) is 1.02. The predicted molar refractivity (Wildman–Crippen MR) is 84.0 cm³/mol. The fourth-order valence-electron chi connectivity index (χ4n) is 1.89. The maximum atomic E-state index is 6.13. The van der Waals surface area contributed by atoms with Crippen molar-refractivity contribution in [2.45, 2.75) is 32.9 Å². The molecule has 0 radical (unpaired) electrons. The average Bonchev–Trinajstić information content (AvgIpc) is 2.40. The second-order valence-corrected chi connectivity index (χ2v) is 5.33. The monoisotopic (exact) mass is 300 g/mol. The summed E-state index contributed by atoms with van der Waals surface area (Å²) in [7, 11) is 3.58. The Morgan fingerprint density at radius 2 is 2.00 bits per heavy atom. The second-order valence-electron chi connectivity index (χ2n) is 4.90. The van der Waals surface area contributed by atoms with Crippen LogP contribution in [0.3, 0.4) is 0 Å². The first-order valence-corrected chi connectivity index (χ1v) is 7.34. The van der Waals surface area contributed by atoms with Crippen LogP contribution in [0.15, 0.2) is 12.1 Å². The van der Waals surface area contributed by atoms with Crippen LogP contribution in [0.1, 0.15) is 25.8 Å². The molecule has 0 heterocycles. The Morgan fingerprint density at radius 3 is 2.60 bits per heavy atom. The van der Waals surface area contributed by atoms with Crippen LogP contribution in [0.4, 0.5) is 0 Å². The van der Waals surface area contributed by atoms with Crippen LogP contribution in [-0.4, -0.2) is 33.4 Å². The standard InChI is InChI=1S/C15H25ClN2O2/c1-11(2)20-15-12(10-18-7-5-6-17-3)8-13(16)9-14(15)19-4/h8-9,11,17-18H,5-7,10H2,1-4H3. The largest absolute Gasteiger partial charge is 0.493 e. The first-order valence-electron chi connectivity index (χ1n) is 6.96. The van der Waals surface area contributed by atoms with E-state index in [0.717, 1.165) is 30.8 Å². The van der Waals surface area contributed by atoms with Gasteiger partial charge in [0.25, 0.3) is 0 Å². The third kappa shape index (κ3) is 5.57. The molecular formula is C15H25ClN2O2. The summed E-state index contributed by atoms with van der Waals surface area (Å²) in [6.07, 6.45) is 1.17. The summed E-state index contributed by atoms with van der Waals surface area (Å²) >= 11 is 6.13. The van der Waals surface area contributed by atoms with Gasteiger partial charge in [0.05, 0.1) is 13.2 Å². The highest BCUT2D eigenvalue weighted by Crippen LogP contribution is 2.35. The fourth-order valence-corrected chi connectivity index (χ4v) is 2.12. The molecule has 0 unspecified atom stereocenters. The van der Waals surface area contributed by atoms with Gasteiger partial charge in [0.1, 0.15) is 0 Å². The molecule has 0 spiro atoms. The molecule has 0 aromatic heterocycles.